The zero-order valence-corrected chi connectivity index (χ0v) is 14.0. The normalized spacial score (nSPS) is 12.0. The van der Waals surface area contributed by atoms with E-state index in [0.717, 1.165) is 9.77 Å². The number of rotatable bonds is 5. The number of aromatic nitrogens is 1. The van der Waals surface area contributed by atoms with Crippen LogP contribution in [0.3, 0.4) is 0 Å². The number of hydrogen-bond donors (Lipinski definition) is 1. The second-order valence-electron chi connectivity index (χ2n) is 4.56. The van der Waals surface area contributed by atoms with Crippen molar-refractivity contribution in [2.45, 2.75) is 13.0 Å². The smallest absolute Gasteiger partial charge is 0.147 e. The lowest BCUT2D eigenvalue weighted by atomic mass is 9.97. The monoisotopic (exact) mass is 412 g/mol. The van der Waals surface area contributed by atoms with Crippen molar-refractivity contribution in [1.82, 2.24) is 4.98 Å². The van der Waals surface area contributed by atoms with Gasteiger partial charge in [0.1, 0.15) is 18.0 Å². The summed E-state index contributed by atoms with van der Waals surface area (Å²) in [6.45, 7) is 2.26. The van der Waals surface area contributed by atoms with Crippen molar-refractivity contribution in [2.75, 3.05) is 13.2 Å². The van der Waals surface area contributed by atoms with Crippen LogP contribution in [-0.2, 0) is 4.74 Å². The molecule has 1 atom stereocenters. The summed E-state index contributed by atoms with van der Waals surface area (Å²) in [6, 6.07) is 7.24. The van der Waals surface area contributed by atoms with Gasteiger partial charge in [0.05, 0.1) is 18.4 Å². The Balaban J connectivity index is 2.49. The van der Waals surface area contributed by atoms with Crippen LogP contribution in [0.25, 0.3) is 11.1 Å². The lowest BCUT2D eigenvalue weighted by Gasteiger charge is -2.16. The molecule has 114 valence electrons. The Labute approximate surface area is 141 Å². The number of benzene rings is 1. The fourth-order valence-corrected chi connectivity index (χ4v) is 2.74. The maximum atomic E-state index is 14.1. The summed E-state index contributed by atoms with van der Waals surface area (Å²) in [5, 5.41) is 19.2. The third-order valence-electron chi connectivity index (χ3n) is 3.15. The van der Waals surface area contributed by atoms with Crippen LogP contribution in [0.1, 0.15) is 24.2 Å². The minimum Gasteiger partial charge on any atom is -0.386 e. The van der Waals surface area contributed by atoms with E-state index in [2.05, 4.69) is 11.1 Å². The second kappa shape index (κ2) is 7.63. The fraction of sp³-hybridized carbons (Fsp3) is 0.250. The summed E-state index contributed by atoms with van der Waals surface area (Å²) in [6.07, 6.45) is 1.50. The number of ether oxygens (including phenoxy) is 1. The molecule has 2 rings (SSSR count). The minimum absolute atomic E-state index is 0.0117. The highest BCUT2D eigenvalue weighted by Crippen LogP contribution is 2.31. The van der Waals surface area contributed by atoms with Crippen molar-refractivity contribution in [1.29, 1.82) is 5.26 Å². The molecule has 2 aromatic rings. The van der Waals surface area contributed by atoms with Crippen molar-refractivity contribution >= 4 is 22.6 Å². The molecule has 0 aliphatic heterocycles. The van der Waals surface area contributed by atoms with Gasteiger partial charge in [0.15, 0.2) is 0 Å². The molecular formula is C16H14FIN2O2. The molecule has 4 nitrogen and oxygen atoms in total. The van der Waals surface area contributed by atoms with Gasteiger partial charge in [-0.2, -0.15) is 5.26 Å². The summed E-state index contributed by atoms with van der Waals surface area (Å²) >= 11 is 2.05. The first kappa shape index (κ1) is 16.8. The van der Waals surface area contributed by atoms with E-state index in [1.54, 1.807) is 25.1 Å². The van der Waals surface area contributed by atoms with E-state index >= 15 is 0 Å². The second-order valence-corrected chi connectivity index (χ2v) is 5.73. The minimum atomic E-state index is -1.08. The SMILES string of the molecule is CCOCC(O)c1c(F)cncc1-c1ccc(C#N)c(I)c1. The molecule has 1 heterocycles. The first-order chi connectivity index (χ1) is 10.6. The maximum Gasteiger partial charge on any atom is 0.147 e. The summed E-state index contributed by atoms with van der Waals surface area (Å²) < 4.78 is 20.1. The van der Waals surface area contributed by atoms with Crippen molar-refractivity contribution in [3.63, 3.8) is 0 Å². The molecule has 0 spiro atoms. The standard InChI is InChI=1S/C16H14FIN2O2/c1-2-22-9-15(21)16-12(7-20-8-13(16)17)10-3-4-11(6-19)14(18)5-10/h3-5,7-8,15,21H,2,9H2,1H3. The van der Waals surface area contributed by atoms with E-state index < -0.39 is 11.9 Å². The van der Waals surface area contributed by atoms with E-state index in [0.29, 0.717) is 23.3 Å². The lowest BCUT2D eigenvalue weighted by molar-refractivity contribution is 0.0404. The van der Waals surface area contributed by atoms with Crippen LogP contribution in [0.15, 0.2) is 30.6 Å². The molecule has 0 radical (unpaired) electrons. The predicted molar refractivity (Wildman–Crippen MR) is 88.5 cm³/mol. The fourth-order valence-electron chi connectivity index (χ4n) is 2.10. The zero-order valence-electron chi connectivity index (χ0n) is 11.9. The molecule has 0 saturated heterocycles. The molecule has 0 aliphatic carbocycles. The van der Waals surface area contributed by atoms with Crippen LogP contribution >= 0.6 is 22.6 Å². The van der Waals surface area contributed by atoms with Crippen LogP contribution in [0, 0.1) is 20.7 Å². The van der Waals surface area contributed by atoms with Crippen LogP contribution in [0.4, 0.5) is 4.39 Å². The van der Waals surface area contributed by atoms with Gasteiger partial charge in [0.25, 0.3) is 0 Å². The van der Waals surface area contributed by atoms with Crippen LogP contribution < -0.4 is 0 Å². The Morgan fingerprint density at radius 1 is 1.45 bits per heavy atom. The van der Waals surface area contributed by atoms with Gasteiger partial charge in [-0.25, -0.2) is 4.39 Å². The molecule has 1 aromatic heterocycles. The molecule has 1 unspecified atom stereocenters. The van der Waals surface area contributed by atoms with E-state index in [4.69, 9.17) is 10.00 Å². The van der Waals surface area contributed by atoms with Gasteiger partial charge < -0.3 is 9.84 Å². The molecule has 0 saturated carbocycles. The number of aliphatic hydroxyl groups excluding tert-OH is 1. The average Bonchev–Trinajstić information content (AvgIpc) is 2.52. The van der Waals surface area contributed by atoms with Gasteiger partial charge >= 0.3 is 0 Å². The Bertz CT molecular complexity index is 716. The number of nitriles is 1. The Morgan fingerprint density at radius 2 is 2.23 bits per heavy atom. The van der Waals surface area contributed by atoms with Crippen molar-refractivity contribution < 1.29 is 14.2 Å². The summed E-state index contributed by atoms with van der Waals surface area (Å²) in [7, 11) is 0. The third-order valence-corrected chi connectivity index (χ3v) is 4.05. The van der Waals surface area contributed by atoms with Crippen molar-refractivity contribution in [3.8, 4) is 17.2 Å². The van der Waals surface area contributed by atoms with E-state index in [-0.39, 0.29) is 12.2 Å². The first-order valence-electron chi connectivity index (χ1n) is 6.67. The lowest BCUT2D eigenvalue weighted by Crippen LogP contribution is -2.11. The van der Waals surface area contributed by atoms with Gasteiger partial charge in [0, 0.05) is 27.5 Å². The molecule has 22 heavy (non-hydrogen) atoms. The molecule has 0 amide bonds. The Hall–Kier alpha value is -1.56. The summed E-state index contributed by atoms with van der Waals surface area (Å²) in [5.74, 6) is -0.580. The Kier molecular flexibility index (Phi) is 5.83. The Morgan fingerprint density at radius 3 is 2.86 bits per heavy atom. The summed E-state index contributed by atoms with van der Waals surface area (Å²) in [5.41, 5.74) is 1.89. The highest BCUT2D eigenvalue weighted by atomic mass is 127. The van der Waals surface area contributed by atoms with E-state index in [1.807, 2.05) is 22.6 Å². The molecule has 0 fully saturated rings. The number of hydrogen-bond acceptors (Lipinski definition) is 4. The van der Waals surface area contributed by atoms with Gasteiger partial charge in [0.2, 0.25) is 0 Å². The number of nitrogens with zero attached hydrogens (tertiary/aromatic N) is 2. The highest BCUT2D eigenvalue weighted by molar-refractivity contribution is 14.1. The number of halogens is 2. The van der Waals surface area contributed by atoms with Crippen LogP contribution in [-0.4, -0.2) is 23.3 Å². The topological polar surface area (TPSA) is 66.1 Å². The van der Waals surface area contributed by atoms with Gasteiger partial charge in [-0.3, -0.25) is 4.98 Å². The first-order valence-corrected chi connectivity index (χ1v) is 7.75. The van der Waals surface area contributed by atoms with Gasteiger partial charge in [-0.1, -0.05) is 6.07 Å². The zero-order chi connectivity index (χ0) is 16.1. The maximum absolute atomic E-state index is 14.1. The molecule has 6 heteroatoms. The van der Waals surface area contributed by atoms with Crippen molar-refractivity contribution in [2.24, 2.45) is 0 Å². The molecule has 0 aliphatic rings. The van der Waals surface area contributed by atoms with E-state index in [9.17, 15) is 9.50 Å². The molecule has 0 bridgehead atoms. The quantitative estimate of drug-likeness (QED) is 0.765. The molecular weight excluding hydrogens is 398 g/mol. The van der Waals surface area contributed by atoms with E-state index in [1.165, 1.54) is 6.20 Å². The highest BCUT2D eigenvalue weighted by Gasteiger charge is 2.19. The largest absolute Gasteiger partial charge is 0.386 e. The van der Waals surface area contributed by atoms with Crippen LogP contribution in [0.5, 0.6) is 0 Å². The van der Waals surface area contributed by atoms with Crippen molar-refractivity contribution in [3.05, 3.63) is 51.1 Å². The van der Waals surface area contributed by atoms with Gasteiger partial charge in [-0.05, 0) is 47.2 Å². The number of aliphatic hydroxyl groups is 1. The van der Waals surface area contributed by atoms with Crippen LogP contribution in [0.2, 0.25) is 0 Å². The number of pyridine rings is 1. The van der Waals surface area contributed by atoms with Gasteiger partial charge in [-0.15, -0.1) is 0 Å². The predicted octanol–water partition coefficient (Wildman–Crippen LogP) is 3.43. The summed E-state index contributed by atoms with van der Waals surface area (Å²) in [4.78, 5) is 3.86. The molecule has 1 N–H and O–H groups in total. The molecule has 1 aromatic carbocycles. The average molecular weight is 412 g/mol. The third kappa shape index (κ3) is 3.61.